The third-order valence-corrected chi connectivity index (χ3v) is 3.57. The molecule has 0 saturated heterocycles. The van der Waals surface area contributed by atoms with Crippen molar-refractivity contribution in [2.24, 2.45) is 0 Å². The van der Waals surface area contributed by atoms with Gasteiger partial charge in [0.25, 0.3) is 0 Å². The van der Waals surface area contributed by atoms with Gasteiger partial charge in [0.1, 0.15) is 0 Å². The summed E-state index contributed by atoms with van der Waals surface area (Å²) in [5.74, 6) is 0. The van der Waals surface area contributed by atoms with Crippen molar-refractivity contribution in [1.29, 1.82) is 0 Å². The van der Waals surface area contributed by atoms with Crippen molar-refractivity contribution in [2.45, 2.75) is 0 Å². The highest BCUT2D eigenvalue weighted by Gasteiger charge is 2.03. The molecule has 0 amide bonds. The molecule has 18 heavy (non-hydrogen) atoms. The van der Waals surface area contributed by atoms with Gasteiger partial charge in [-0.25, -0.2) is 0 Å². The van der Waals surface area contributed by atoms with Crippen molar-refractivity contribution in [3.05, 3.63) is 72.8 Å². The summed E-state index contributed by atoms with van der Waals surface area (Å²) in [5, 5.41) is 7.80. The van der Waals surface area contributed by atoms with Crippen LogP contribution in [0.3, 0.4) is 0 Å². The SMILES string of the molecule is [c]1ccc2ccc3ccc4ccccc4c3c2c1. The summed E-state index contributed by atoms with van der Waals surface area (Å²) < 4.78 is 0. The Bertz CT molecular complexity index is 802. The molecule has 0 N–H and O–H groups in total. The van der Waals surface area contributed by atoms with Gasteiger partial charge in [0.15, 0.2) is 0 Å². The number of rotatable bonds is 0. The topological polar surface area (TPSA) is 0 Å². The lowest BCUT2D eigenvalue weighted by atomic mass is 9.97. The Morgan fingerprint density at radius 2 is 1.33 bits per heavy atom. The van der Waals surface area contributed by atoms with E-state index in [1.165, 1.54) is 32.3 Å². The fourth-order valence-electron chi connectivity index (χ4n) is 2.71. The second-order valence-corrected chi connectivity index (χ2v) is 4.60. The molecule has 0 unspecified atom stereocenters. The Morgan fingerprint density at radius 1 is 0.611 bits per heavy atom. The number of hydrogen-bond donors (Lipinski definition) is 0. The fourth-order valence-corrected chi connectivity index (χ4v) is 2.71. The van der Waals surface area contributed by atoms with Gasteiger partial charge in [-0.2, -0.15) is 0 Å². The van der Waals surface area contributed by atoms with Gasteiger partial charge >= 0.3 is 0 Å². The molecule has 0 fully saturated rings. The highest BCUT2D eigenvalue weighted by molar-refractivity contribution is 6.19. The van der Waals surface area contributed by atoms with Gasteiger partial charge in [0, 0.05) is 0 Å². The highest BCUT2D eigenvalue weighted by atomic mass is 14.1. The smallest absolute Gasteiger partial charge is 0.00266 e. The summed E-state index contributed by atoms with van der Waals surface area (Å²) in [6.07, 6.45) is 0. The predicted octanol–water partition coefficient (Wildman–Crippen LogP) is 4.95. The first-order valence-electron chi connectivity index (χ1n) is 6.14. The second kappa shape index (κ2) is 3.58. The third kappa shape index (κ3) is 1.26. The molecule has 4 rings (SSSR count). The molecule has 0 heterocycles. The molecule has 0 spiro atoms. The van der Waals surface area contributed by atoms with Crippen LogP contribution in [0, 0.1) is 6.07 Å². The fraction of sp³-hybridized carbons (Fsp3) is 0. The first-order valence-corrected chi connectivity index (χ1v) is 6.14. The van der Waals surface area contributed by atoms with Gasteiger partial charge in [-0.1, -0.05) is 60.7 Å². The maximum atomic E-state index is 3.19. The molecular weight excluding hydrogens is 216 g/mol. The standard InChI is InChI=1S/C18H11/c1-3-7-16-13(5-1)9-11-15-12-10-14-6-2-4-8-17(14)18(15)16/h1-3,5-12H. The van der Waals surface area contributed by atoms with Crippen LogP contribution in [0.5, 0.6) is 0 Å². The molecule has 1 radical (unpaired) electrons. The molecule has 0 heteroatoms. The molecule has 0 aromatic heterocycles. The summed E-state index contributed by atoms with van der Waals surface area (Å²) in [4.78, 5) is 0. The van der Waals surface area contributed by atoms with Crippen LogP contribution in [0.15, 0.2) is 66.7 Å². The zero-order valence-electron chi connectivity index (χ0n) is 9.85. The first-order chi connectivity index (χ1) is 8.93. The van der Waals surface area contributed by atoms with Crippen LogP contribution in [0.2, 0.25) is 0 Å². The minimum absolute atomic E-state index is 1.28. The Balaban J connectivity index is 2.38. The molecule has 4 aromatic rings. The molecule has 0 bridgehead atoms. The lowest BCUT2D eigenvalue weighted by Crippen LogP contribution is -1.80. The lowest BCUT2D eigenvalue weighted by molar-refractivity contribution is 1.76. The maximum absolute atomic E-state index is 3.19. The van der Waals surface area contributed by atoms with Gasteiger partial charge < -0.3 is 0 Å². The average Bonchev–Trinajstić information content (AvgIpc) is 2.46. The van der Waals surface area contributed by atoms with Gasteiger partial charge in [-0.15, -0.1) is 0 Å². The highest BCUT2D eigenvalue weighted by Crippen LogP contribution is 2.31. The van der Waals surface area contributed by atoms with Crippen LogP contribution in [-0.2, 0) is 0 Å². The molecule has 0 saturated carbocycles. The molecule has 0 nitrogen and oxygen atoms in total. The Morgan fingerprint density at radius 3 is 2.22 bits per heavy atom. The van der Waals surface area contributed by atoms with E-state index in [2.05, 4.69) is 66.7 Å². The Hall–Kier alpha value is -2.34. The van der Waals surface area contributed by atoms with Crippen molar-refractivity contribution >= 4 is 32.3 Å². The zero-order valence-corrected chi connectivity index (χ0v) is 9.85. The largest absolute Gasteiger partial charge is 0.0616 e. The summed E-state index contributed by atoms with van der Waals surface area (Å²) in [6, 6.07) is 26.7. The normalized spacial score (nSPS) is 11.3. The number of hydrogen-bond acceptors (Lipinski definition) is 0. The van der Waals surface area contributed by atoms with Crippen LogP contribution in [0.25, 0.3) is 32.3 Å². The average molecular weight is 227 g/mol. The maximum Gasteiger partial charge on any atom is -0.00266 e. The summed E-state index contributed by atoms with van der Waals surface area (Å²) >= 11 is 0. The lowest BCUT2D eigenvalue weighted by Gasteiger charge is -2.07. The van der Waals surface area contributed by atoms with Crippen LogP contribution in [0.4, 0.5) is 0 Å². The van der Waals surface area contributed by atoms with Crippen LogP contribution in [-0.4, -0.2) is 0 Å². The molecule has 0 aliphatic carbocycles. The quantitative estimate of drug-likeness (QED) is 0.373. The number of benzene rings is 4. The predicted molar refractivity (Wildman–Crippen MR) is 77.8 cm³/mol. The van der Waals surface area contributed by atoms with Crippen molar-refractivity contribution in [1.82, 2.24) is 0 Å². The Kier molecular flexibility index (Phi) is 1.92. The van der Waals surface area contributed by atoms with Gasteiger partial charge in [-0.3, -0.25) is 0 Å². The molecule has 0 atom stereocenters. The van der Waals surface area contributed by atoms with E-state index in [1.807, 2.05) is 6.07 Å². The minimum Gasteiger partial charge on any atom is -0.0616 e. The first kappa shape index (κ1) is 9.67. The van der Waals surface area contributed by atoms with Crippen LogP contribution < -0.4 is 0 Å². The van der Waals surface area contributed by atoms with Crippen LogP contribution in [0.1, 0.15) is 0 Å². The van der Waals surface area contributed by atoms with E-state index in [9.17, 15) is 0 Å². The molecule has 0 aliphatic heterocycles. The van der Waals surface area contributed by atoms with Gasteiger partial charge in [0.05, 0.1) is 0 Å². The van der Waals surface area contributed by atoms with E-state index < -0.39 is 0 Å². The zero-order chi connectivity index (χ0) is 11.9. The monoisotopic (exact) mass is 227 g/mol. The van der Waals surface area contributed by atoms with E-state index in [-0.39, 0.29) is 0 Å². The summed E-state index contributed by atoms with van der Waals surface area (Å²) in [7, 11) is 0. The van der Waals surface area contributed by atoms with Crippen molar-refractivity contribution < 1.29 is 0 Å². The van der Waals surface area contributed by atoms with E-state index in [0.717, 1.165) is 0 Å². The van der Waals surface area contributed by atoms with Gasteiger partial charge in [-0.05, 0) is 44.5 Å². The van der Waals surface area contributed by atoms with E-state index in [0.29, 0.717) is 0 Å². The van der Waals surface area contributed by atoms with Crippen LogP contribution >= 0.6 is 0 Å². The molecule has 4 aromatic carbocycles. The van der Waals surface area contributed by atoms with E-state index in [4.69, 9.17) is 0 Å². The summed E-state index contributed by atoms with van der Waals surface area (Å²) in [6.45, 7) is 0. The minimum atomic E-state index is 1.28. The summed E-state index contributed by atoms with van der Waals surface area (Å²) in [5.41, 5.74) is 0. The van der Waals surface area contributed by atoms with Crippen molar-refractivity contribution in [3.8, 4) is 0 Å². The van der Waals surface area contributed by atoms with Gasteiger partial charge in [0.2, 0.25) is 0 Å². The molecular formula is C18H11. The van der Waals surface area contributed by atoms with Crippen molar-refractivity contribution in [2.75, 3.05) is 0 Å². The van der Waals surface area contributed by atoms with E-state index >= 15 is 0 Å². The second-order valence-electron chi connectivity index (χ2n) is 4.60. The molecule has 0 aliphatic rings. The Labute approximate surface area is 105 Å². The van der Waals surface area contributed by atoms with Crippen molar-refractivity contribution in [3.63, 3.8) is 0 Å². The number of fused-ring (bicyclic) bond motifs is 5. The van der Waals surface area contributed by atoms with E-state index in [1.54, 1.807) is 0 Å². The third-order valence-electron chi connectivity index (χ3n) is 3.57. The molecule has 83 valence electrons.